The van der Waals surface area contributed by atoms with Gasteiger partial charge in [-0.25, -0.2) is 0 Å². The third-order valence-corrected chi connectivity index (χ3v) is 1.19. The van der Waals surface area contributed by atoms with Crippen molar-refractivity contribution >= 4 is 0 Å². The maximum Gasteiger partial charge on any atom is 0.115 e. The molecule has 0 aromatic rings. The van der Waals surface area contributed by atoms with Crippen LogP contribution in [0.5, 0.6) is 0 Å². The molecule has 0 aliphatic carbocycles. The first-order valence-corrected chi connectivity index (χ1v) is 2.97. The van der Waals surface area contributed by atoms with E-state index < -0.39 is 6.10 Å². The highest BCUT2D eigenvalue weighted by atomic mass is 16.3. The summed E-state index contributed by atoms with van der Waals surface area (Å²) in [5.74, 6) is 2.54. The predicted octanol–water partition coefficient (Wildman–Crippen LogP) is 0.368. The van der Waals surface area contributed by atoms with E-state index in [-0.39, 0.29) is 5.48 Å². The molecule has 0 heterocycles. The number of hydrogen-bond acceptors (Lipinski definition) is 1. The van der Waals surface area contributed by atoms with Crippen LogP contribution in [0.2, 0.25) is 0 Å². The monoisotopic (exact) mass is 142 g/mol. The molecule has 0 aromatic heterocycles. The van der Waals surface area contributed by atoms with Crippen LogP contribution >= 0.6 is 0 Å². The molecule has 0 rings (SSSR count). The summed E-state index contributed by atoms with van der Waals surface area (Å²) in [7, 11) is 0. The molecule has 0 saturated carbocycles. The molecule has 2 atom stereocenters. The van der Waals surface area contributed by atoms with Crippen molar-refractivity contribution in [2.45, 2.75) is 19.4 Å². The molecule has 0 unspecified atom stereocenters. The van der Waals surface area contributed by atoms with Crippen LogP contribution < -0.4 is 0 Å². The van der Waals surface area contributed by atoms with Crippen molar-refractivity contribution in [3.05, 3.63) is 12.7 Å². The molecule has 0 amide bonds. The van der Waals surface area contributed by atoms with Gasteiger partial charge in [0.05, 0.1) is 0 Å². The largest absolute Gasteiger partial charge is 0.412 e. The standard InChI is InChI=1S/C8H12O.H2O/c1-4-7(3)6-8(9)5-2;/h2,4,7-9H,1,6H2,3H3;1H2/t7-,8+;/m1./s1. The molecule has 10 heavy (non-hydrogen) atoms. The van der Waals surface area contributed by atoms with Gasteiger partial charge in [-0.05, 0) is 12.3 Å². The smallest absolute Gasteiger partial charge is 0.115 e. The molecule has 0 spiro atoms. The fraction of sp³-hybridized carbons (Fsp3) is 0.500. The molecule has 0 aliphatic heterocycles. The fourth-order valence-corrected chi connectivity index (χ4v) is 0.516. The van der Waals surface area contributed by atoms with E-state index in [4.69, 9.17) is 11.5 Å². The summed E-state index contributed by atoms with van der Waals surface area (Å²) in [4.78, 5) is 0. The number of aliphatic hydroxyl groups excluding tert-OH is 1. The van der Waals surface area contributed by atoms with E-state index in [1.54, 1.807) is 6.08 Å². The van der Waals surface area contributed by atoms with E-state index in [9.17, 15) is 0 Å². The van der Waals surface area contributed by atoms with Crippen molar-refractivity contribution in [2.75, 3.05) is 0 Å². The highest BCUT2D eigenvalue weighted by Gasteiger charge is 2.02. The van der Waals surface area contributed by atoms with Gasteiger partial charge in [-0.2, -0.15) is 0 Å². The molecule has 0 aliphatic rings. The normalized spacial score (nSPS) is 14.1. The second-order valence-corrected chi connectivity index (χ2v) is 2.13. The SMILES string of the molecule is C#C[C@H](O)C[C@H](C)C=C.O. The zero-order chi connectivity index (χ0) is 7.28. The van der Waals surface area contributed by atoms with Crippen LogP contribution in [0.15, 0.2) is 12.7 Å². The van der Waals surface area contributed by atoms with E-state index in [0.717, 1.165) is 0 Å². The molecular formula is C8H14O2. The second-order valence-electron chi connectivity index (χ2n) is 2.13. The molecule has 2 heteroatoms. The summed E-state index contributed by atoms with van der Waals surface area (Å²) in [6.07, 6.45) is 6.72. The van der Waals surface area contributed by atoms with Gasteiger partial charge in [-0.15, -0.1) is 13.0 Å². The lowest BCUT2D eigenvalue weighted by Gasteiger charge is -2.05. The van der Waals surface area contributed by atoms with Crippen molar-refractivity contribution in [3.63, 3.8) is 0 Å². The summed E-state index contributed by atoms with van der Waals surface area (Å²) in [5, 5.41) is 8.88. The van der Waals surface area contributed by atoms with Crippen LogP contribution in [0.25, 0.3) is 0 Å². The summed E-state index contributed by atoms with van der Waals surface area (Å²) in [6, 6.07) is 0. The van der Waals surface area contributed by atoms with Crippen LogP contribution in [-0.2, 0) is 0 Å². The van der Waals surface area contributed by atoms with Crippen molar-refractivity contribution in [3.8, 4) is 12.3 Å². The van der Waals surface area contributed by atoms with Crippen molar-refractivity contribution < 1.29 is 10.6 Å². The number of aliphatic hydroxyl groups is 1. The van der Waals surface area contributed by atoms with E-state index >= 15 is 0 Å². The molecule has 58 valence electrons. The highest BCUT2D eigenvalue weighted by molar-refractivity contribution is 4.95. The van der Waals surface area contributed by atoms with Gasteiger partial charge in [0.25, 0.3) is 0 Å². The first-order chi connectivity index (χ1) is 4.20. The van der Waals surface area contributed by atoms with Crippen LogP contribution in [0.1, 0.15) is 13.3 Å². The molecule has 3 N–H and O–H groups in total. The fourth-order valence-electron chi connectivity index (χ4n) is 0.516. The van der Waals surface area contributed by atoms with Gasteiger partial charge in [0.2, 0.25) is 0 Å². The third kappa shape index (κ3) is 5.36. The van der Waals surface area contributed by atoms with Crippen LogP contribution in [0.3, 0.4) is 0 Å². The Morgan fingerprint density at radius 2 is 2.30 bits per heavy atom. The average molecular weight is 142 g/mol. The van der Waals surface area contributed by atoms with Gasteiger partial charge in [0.1, 0.15) is 6.10 Å². The van der Waals surface area contributed by atoms with E-state index in [2.05, 4.69) is 12.5 Å². The van der Waals surface area contributed by atoms with Crippen LogP contribution in [0, 0.1) is 18.3 Å². The number of allylic oxidation sites excluding steroid dienone is 1. The van der Waals surface area contributed by atoms with E-state index in [1.165, 1.54) is 0 Å². The van der Waals surface area contributed by atoms with Gasteiger partial charge in [-0.1, -0.05) is 18.9 Å². The quantitative estimate of drug-likeness (QED) is 0.449. The second kappa shape index (κ2) is 6.34. The molecule has 0 aromatic carbocycles. The summed E-state index contributed by atoms with van der Waals surface area (Å²) >= 11 is 0. The topological polar surface area (TPSA) is 51.7 Å². The van der Waals surface area contributed by atoms with Crippen molar-refractivity contribution in [1.82, 2.24) is 0 Å². The first kappa shape index (κ1) is 12.0. The van der Waals surface area contributed by atoms with Gasteiger partial charge < -0.3 is 10.6 Å². The van der Waals surface area contributed by atoms with Crippen LogP contribution in [-0.4, -0.2) is 16.7 Å². The number of terminal acetylenes is 1. The van der Waals surface area contributed by atoms with Crippen molar-refractivity contribution in [2.24, 2.45) is 5.92 Å². The van der Waals surface area contributed by atoms with Gasteiger partial charge in [-0.3, -0.25) is 0 Å². The molecule has 0 saturated heterocycles. The summed E-state index contributed by atoms with van der Waals surface area (Å²) < 4.78 is 0. The summed E-state index contributed by atoms with van der Waals surface area (Å²) in [6.45, 7) is 5.53. The maximum atomic E-state index is 8.88. The Kier molecular flexibility index (Phi) is 7.58. The first-order valence-electron chi connectivity index (χ1n) is 2.97. The Morgan fingerprint density at radius 3 is 2.60 bits per heavy atom. The Balaban J connectivity index is 0. The van der Waals surface area contributed by atoms with Gasteiger partial charge in [0, 0.05) is 0 Å². The Labute approximate surface area is 61.9 Å². The Morgan fingerprint density at radius 1 is 1.80 bits per heavy atom. The minimum atomic E-state index is -0.613. The minimum Gasteiger partial charge on any atom is -0.412 e. The number of hydrogen-bond donors (Lipinski definition) is 1. The van der Waals surface area contributed by atoms with E-state index in [0.29, 0.717) is 12.3 Å². The molecule has 0 bridgehead atoms. The van der Waals surface area contributed by atoms with Gasteiger partial charge in [0.15, 0.2) is 0 Å². The highest BCUT2D eigenvalue weighted by Crippen LogP contribution is 2.04. The van der Waals surface area contributed by atoms with Crippen LogP contribution in [0.4, 0.5) is 0 Å². The predicted molar refractivity (Wildman–Crippen MR) is 42.4 cm³/mol. The zero-order valence-corrected chi connectivity index (χ0v) is 6.17. The third-order valence-electron chi connectivity index (χ3n) is 1.19. The van der Waals surface area contributed by atoms with Crippen molar-refractivity contribution in [1.29, 1.82) is 0 Å². The van der Waals surface area contributed by atoms with E-state index in [1.807, 2.05) is 6.92 Å². The summed E-state index contributed by atoms with van der Waals surface area (Å²) in [5.41, 5.74) is 0. The maximum absolute atomic E-state index is 8.88. The Hall–Kier alpha value is -0.780. The molecular weight excluding hydrogens is 128 g/mol. The minimum absolute atomic E-state index is 0. The number of rotatable bonds is 3. The molecule has 2 nitrogen and oxygen atoms in total. The Bertz CT molecular complexity index is 124. The lowest BCUT2D eigenvalue weighted by atomic mass is 10.0. The lowest BCUT2D eigenvalue weighted by Crippen LogP contribution is -2.06. The molecule has 0 fully saturated rings. The lowest BCUT2D eigenvalue weighted by molar-refractivity contribution is 0.209. The van der Waals surface area contributed by atoms with Gasteiger partial charge >= 0.3 is 0 Å². The zero-order valence-electron chi connectivity index (χ0n) is 6.17. The average Bonchev–Trinajstić information content (AvgIpc) is 1.87. The molecule has 0 radical (unpaired) electrons.